The zero-order chi connectivity index (χ0) is 23.9. The summed E-state index contributed by atoms with van der Waals surface area (Å²) in [6, 6.07) is 9.03. The van der Waals surface area contributed by atoms with Gasteiger partial charge in [-0.05, 0) is 25.0 Å². The lowest BCUT2D eigenvalue weighted by atomic mass is 9.97. The molecule has 1 heterocycles. The Labute approximate surface area is 197 Å². The molecule has 1 aliphatic heterocycles. The van der Waals surface area contributed by atoms with Crippen molar-refractivity contribution in [2.75, 3.05) is 19.8 Å². The average Bonchev–Trinajstić information content (AvgIpc) is 2.81. The number of carbonyl (C=O) groups excluding carboxylic acids is 1. The Kier molecular flexibility index (Phi) is 13.4. The van der Waals surface area contributed by atoms with Crippen LogP contribution in [0.4, 0.5) is 0 Å². The summed E-state index contributed by atoms with van der Waals surface area (Å²) in [6.45, 7) is 2.08. The average molecular weight is 468 g/mol. The molecule has 0 aliphatic carbocycles. The zero-order valence-corrected chi connectivity index (χ0v) is 19.7. The smallest absolute Gasteiger partial charge is 0.217 e. The van der Waals surface area contributed by atoms with E-state index in [1.54, 1.807) is 0 Å². The van der Waals surface area contributed by atoms with Gasteiger partial charge in [-0.3, -0.25) is 4.79 Å². The summed E-state index contributed by atoms with van der Waals surface area (Å²) in [6.07, 6.45) is 5.72. The molecule has 188 valence electrons. The summed E-state index contributed by atoms with van der Waals surface area (Å²) in [7, 11) is 0. The highest BCUT2D eigenvalue weighted by atomic mass is 16.7. The van der Waals surface area contributed by atoms with E-state index in [0.29, 0.717) is 6.61 Å². The van der Waals surface area contributed by atoms with Gasteiger partial charge in [0.05, 0.1) is 13.2 Å². The molecule has 0 bridgehead atoms. The lowest BCUT2D eigenvalue weighted by Gasteiger charge is -2.42. The lowest BCUT2D eigenvalue weighted by molar-refractivity contribution is -0.270. The van der Waals surface area contributed by atoms with Crippen LogP contribution in [0, 0.1) is 0 Å². The van der Waals surface area contributed by atoms with E-state index in [4.69, 9.17) is 14.2 Å². The third kappa shape index (κ3) is 10.4. The molecule has 1 saturated heterocycles. The van der Waals surface area contributed by atoms with Crippen LogP contribution in [-0.2, 0) is 14.3 Å². The molecule has 1 fully saturated rings. The van der Waals surface area contributed by atoms with Crippen molar-refractivity contribution in [3.8, 4) is 5.75 Å². The fraction of sp³-hybridized carbons (Fsp3) is 0.720. The van der Waals surface area contributed by atoms with Crippen LogP contribution < -0.4 is 10.1 Å². The number of hydrogen-bond acceptors (Lipinski definition) is 7. The molecule has 1 aliphatic rings. The fourth-order valence-electron chi connectivity index (χ4n) is 3.96. The van der Waals surface area contributed by atoms with Crippen molar-refractivity contribution in [2.45, 2.75) is 95.4 Å². The van der Waals surface area contributed by atoms with Crippen LogP contribution in [0.3, 0.4) is 0 Å². The minimum Gasteiger partial charge on any atom is -0.494 e. The monoisotopic (exact) mass is 467 g/mol. The second kappa shape index (κ2) is 16.0. The standard InChI is InChI=1S/C25H41NO7/c1-19(28)26-22-24(30)23(29)21(18-27)33-25(22)32-17-13-8-6-4-2-3-5-7-12-16-31-20-14-10-9-11-15-20/h9-11,14-15,21-25,27,29-30H,2-8,12-13,16-18H2,1H3,(H,26,28)/t21-,22-,23-,24-,25+/m1/s1. The first-order chi connectivity index (χ1) is 16.0. The van der Waals surface area contributed by atoms with E-state index in [1.807, 2.05) is 30.3 Å². The second-order valence-corrected chi connectivity index (χ2v) is 8.65. The summed E-state index contributed by atoms with van der Waals surface area (Å²) in [5.74, 6) is 0.582. The highest BCUT2D eigenvalue weighted by molar-refractivity contribution is 5.73. The number of aliphatic hydroxyl groups is 3. The van der Waals surface area contributed by atoms with Gasteiger partial charge in [0.25, 0.3) is 0 Å². The lowest BCUT2D eigenvalue weighted by Crippen LogP contribution is -2.64. The molecule has 8 nitrogen and oxygen atoms in total. The zero-order valence-electron chi connectivity index (χ0n) is 19.7. The molecule has 5 atom stereocenters. The summed E-state index contributed by atoms with van der Waals surface area (Å²) in [5.41, 5.74) is 0. The van der Waals surface area contributed by atoms with Gasteiger partial charge in [-0.15, -0.1) is 0 Å². The molecule has 1 aromatic rings. The predicted molar refractivity (Wildman–Crippen MR) is 125 cm³/mol. The fourth-order valence-corrected chi connectivity index (χ4v) is 3.96. The first-order valence-corrected chi connectivity index (χ1v) is 12.2. The molecule has 0 unspecified atom stereocenters. The van der Waals surface area contributed by atoms with Crippen molar-refractivity contribution in [3.05, 3.63) is 30.3 Å². The third-order valence-corrected chi connectivity index (χ3v) is 5.83. The number of nitrogens with one attached hydrogen (secondary N) is 1. The van der Waals surface area contributed by atoms with E-state index in [9.17, 15) is 20.1 Å². The van der Waals surface area contributed by atoms with Crippen LogP contribution in [-0.4, -0.2) is 71.7 Å². The van der Waals surface area contributed by atoms with Crippen molar-refractivity contribution in [3.63, 3.8) is 0 Å². The molecule has 8 heteroatoms. The molecule has 2 rings (SSSR count). The van der Waals surface area contributed by atoms with Crippen LogP contribution in [0.15, 0.2) is 30.3 Å². The second-order valence-electron chi connectivity index (χ2n) is 8.65. The Morgan fingerprint density at radius 2 is 1.48 bits per heavy atom. The normalized spacial score (nSPS) is 25.0. The molecular formula is C25H41NO7. The number of hydrogen-bond donors (Lipinski definition) is 4. The minimum absolute atomic E-state index is 0.352. The van der Waals surface area contributed by atoms with Gasteiger partial charge in [0.15, 0.2) is 6.29 Å². The molecule has 33 heavy (non-hydrogen) atoms. The highest BCUT2D eigenvalue weighted by Crippen LogP contribution is 2.22. The van der Waals surface area contributed by atoms with Gasteiger partial charge in [-0.2, -0.15) is 0 Å². The minimum atomic E-state index is -1.29. The number of ether oxygens (including phenoxy) is 3. The third-order valence-electron chi connectivity index (χ3n) is 5.83. The molecule has 0 saturated carbocycles. The van der Waals surface area contributed by atoms with Crippen molar-refractivity contribution < 1.29 is 34.3 Å². The van der Waals surface area contributed by atoms with Gasteiger partial charge in [0.2, 0.25) is 5.91 Å². The quantitative estimate of drug-likeness (QED) is 0.276. The molecule has 0 radical (unpaired) electrons. The number of rotatable bonds is 16. The predicted octanol–water partition coefficient (Wildman–Crippen LogP) is 2.54. The molecule has 4 N–H and O–H groups in total. The van der Waals surface area contributed by atoms with Crippen molar-refractivity contribution >= 4 is 5.91 Å². The molecule has 0 spiro atoms. The van der Waals surface area contributed by atoms with E-state index in [0.717, 1.165) is 38.0 Å². The summed E-state index contributed by atoms with van der Waals surface area (Å²) >= 11 is 0. The van der Waals surface area contributed by atoms with Crippen LogP contribution in [0.2, 0.25) is 0 Å². The number of unbranched alkanes of at least 4 members (excludes halogenated alkanes) is 8. The van der Waals surface area contributed by atoms with Gasteiger partial charge < -0.3 is 34.8 Å². The summed E-state index contributed by atoms with van der Waals surface area (Å²) < 4.78 is 17.0. The van der Waals surface area contributed by atoms with E-state index in [-0.39, 0.29) is 5.91 Å². The van der Waals surface area contributed by atoms with Crippen LogP contribution in [0.5, 0.6) is 5.75 Å². The van der Waals surface area contributed by atoms with Crippen molar-refractivity contribution in [1.82, 2.24) is 5.32 Å². The maximum atomic E-state index is 11.4. The van der Waals surface area contributed by atoms with E-state index >= 15 is 0 Å². The van der Waals surface area contributed by atoms with Crippen molar-refractivity contribution in [2.24, 2.45) is 0 Å². The molecule has 0 aromatic heterocycles. The number of amides is 1. The Hall–Kier alpha value is -1.71. The van der Waals surface area contributed by atoms with E-state index < -0.39 is 37.3 Å². The molecular weight excluding hydrogens is 426 g/mol. The Balaban J connectivity index is 1.47. The topological polar surface area (TPSA) is 117 Å². The van der Waals surface area contributed by atoms with Crippen LogP contribution in [0.1, 0.15) is 64.7 Å². The maximum absolute atomic E-state index is 11.4. The molecule has 1 amide bonds. The Bertz CT molecular complexity index is 645. The maximum Gasteiger partial charge on any atom is 0.217 e. The summed E-state index contributed by atoms with van der Waals surface area (Å²) in [5, 5.41) is 32.2. The van der Waals surface area contributed by atoms with Crippen LogP contribution in [0.25, 0.3) is 0 Å². The van der Waals surface area contributed by atoms with Gasteiger partial charge in [-0.1, -0.05) is 63.1 Å². The van der Waals surface area contributed by atoms with E-state index in [2.05, 4.69) is 5.32 Å². The SMILES string of the molecule is CC(=O)N[C@H]1[C@@H](OCCCCCCCCCCCOc2ccccc2)O[C@H](CO)[C@@H](O)[C@@H]1O. The largest absolute Gasteiger partial charge is 0.494 e. The molecule has 1 aromatic carbocycles. The van der Waals surface area contributed by atoms with Crippen molar-refractivity contribution in [1.29, 1.82) is 0 Å². The summed E-state index contributed by atoms with van der Waals surface area (Å²) in [4.78, 5) is 11.4. The van der Waals surface area contributed by atoms with E-state index in [1.165, 1.54) is 39.0 Å². The number of carbonyl (C=O) groups is 1. The Morgan fingerprint density at radius 1 is 0.909 bits per heavy atom. The number of para-hydroxylation sites is 1. The first-order valence-electron chi connectivity index (χ1n) is 12.2. The van der Waals surface area contributed by atoms with Gasteiger partial charge in [0, 0.05) is 13.5 Å². The van der Waals surface area contributed by atoms with Gasteiger partial charge in [0.1, 0.15) is 30.1 Å². The first kappa shape index (κ1) is 27.5. The van der Waals surface area contributed by atoms with Gasteiger partial charge in [-0.25, -0.2) is 0 Å². The van der Waals surface area contributed by atoms with Crippen LogP contribution >= 0.6 is 0 Å². The highest BCUT2D eigenvalue weighted by Gasteiger charge is 2.45. The Morgan fingerprint density at radius 3 is 2.06 bits per heavy atom. The van der Waals surface area contributed by atoms with Gasteiger partial charge >= 0.3 is 0 Å². The number of aliphatic hydroxyl groups excluding tert-OH is 3. The number of benzene rings is 1.